The summed E-state index contributed by atoms with van der Waals surface area (Å²) >= 11 is 0. The lowest BCUT2D eigenvalue weighted by Crippen LogP contribution is -2.32. The van der Waals surface area contributed by atoms with Crippen molar-refractivity contribution >= 4 is 17.0 Å². The summed E-state index contributed by atoms with van der Waals surface area (Å²) in [7, 11) is 1.91. The smallest absolute Gasteiger partial charge is 0.165 e. The highest BCUT2D eigenvalue weighted by Gasteiger charge is 2.23. The van der Waals surface area contributed by atoms with Gasteiger partial charge in [-0.3, -0.25) is 0 Å². The normalized spacial score (nSPS) is 17.3. The molecular formula is C18H20FN5O. The van der Waals surface area contributed by atoms with Crippen LogP contribution in [-0.2, 0) is 18.3 Å². The zero-order valence-electron chi connectivity index (χ0n) is 14.1. The number of hydrogen-bond donors (Lipinski definition) is 0. The fraction of sp³-hybridized carbons (Fsp3) is 0.389. The Hall–Kier alpha value is -2.54. The van der Waals surface area contributed by atoms with Gasteiger partial charge in [0.05, 0.1) is 12.4 Å². The van der Waals surface area contributed by atoms with Crippen LogP contribution in [-0.4, -0.2) is 38.8 Å². The zero-order valence-corrected chi connectivity index (χ0v) is 14.1. The Kier molecular flexibility index (Phi) is 4.31. The first kappa shape index (κ1) is 16.0. The maximum absolute atomic E-state index is 13.6. The minimum atomic E-state index is -0.236. The molecule has 0 saturated carbocycles. The second kappa shape index (κ2) is 6.76. The molecule has 3 heterocycles. The third-order valence-corrected chi connectivity index (χ3v) is 4.49. The third kappa shape index (κ3) is 3.32. The van der Waals surface area contributed by atoms with Gasteiger partial charge in [-0.2, -0.15) is 0 Å². The fourth-order valence-corrected chi connectivity index (χ4v) is 3.28. The maximum atomic E-state index is 13.6. The average Bonchev–Trinajstić information content (AvgIpc) is 3.24. The quantitative estimate of drug-likeness (QED) is 0.714. The molecule has 1 aliphatic rings. The molecule has 1 unspecified atom stereocenters. The van der Waals surface area contributed by atoms with Crippen molar-refractivity contribution in [2.75, 3.05) is 18.1 Å². The van der Waals surface area contributed by atoms with Crippen molar-refractivity contribution in [3.8, 4) is 0 Å². The van der Waals surface area contributed by atoms with Gasteiger partial charge in [0.2, 0.25) is 0 Å². The number of aryl methyl sites for hydroxylation is 1. The highest BCUT2D eigenvalue weighted by atomic mass is 19.1. The lowest BCUT2D eigenvalue weighted by atomic mass is 10.1. The molecule has 1 saturated heterocycles. The second-order valence-corrected chi connectivity index (χ2v) is 6.37. The Balaban J connectivity index is 1.70. The molecule has 0 radical (unpaired) electrons. The minimum Gasteiger partial charge on any atom is -0.376 e. The molecule has 0 amide bonds. The van der Waals surface area contributed by atoms with Gasteiger partial charge in [0.1, 0.15) is 12.1 Å². The van der Waals surface area contributed by atoms with E-state index in [1.54, 1.807) is 24.8 Å². The summed E-state index contributed by atoms with van der Waals surface area (Å²) in [5, 5.41) is 0. The van der Waals surface area contributed by atoms with Gasteiger partial charge in [-0.15, -0.1) is 0 Å². The lowest BCUT2D eigenvalue weighted by Gasteiger charge is -2.26. The van der Waals surface area contributed by atoms with E-state index in [1.807, 2.05) is 17.7 Å². The summed E-state index contributed by atoms with van der Waals surface area (Å²) in [6.07, 6.45) is 5.53. The number of nitrogens with zero attached hydrogens (tertiary/aromatic N) is 5. The molecule has 2 aromatic heterocycles. The first-order valence-electron chi connectivity index (χ1n) is 8.44. The first-order chi connectivity index (χ1) is 12.2. The van der Waals surface area contributed by atoms with Crippen molar-refractivity contribution < 1.29 is 9.13 Å². The van der Waals surface area contributed by atoms with Gasteiger partial charge >= 0.3 is 0 Å². The van der Waals surface area contributed by atoms with Crippen molar-refractivity contribution in [1.29, 1.82) is 0 Å². The highest BCUT2D eigenvalue weighted by Crippen LogP contribution is 2.25. The topological polar surface area (TPSA) is 56.1 Å². The molecule has 0 bridgehead atoms. The van der Waals surface area contributed by atoms with Crippen molar-refractivity contribution in [3.63, 3.8) is 0 Å². The van der Waals surface area contributed by atoms with Crippen LogP contribution in [0, 0.1) is 5.82 Å². The number of fused-ring (bicyclic) bond motifs is 1. The molecule has 6 nitrogen and oxygen atoms in total. The maximum Gasteiger partial charge on any atom is 0.165 e. The molecule has 130 valence electrons. The van der Waals surface area contributed by atoms with E-state index in [9.17, 15) is 4.39 Å². The largest absolute Gasteiger partial charge is 0.376 e. The number of rotatable bonds is 5. The Morgan fingerprint density at radius 3 is 3.04 bits per heavy atom. The van der Waals surface area contributed by atoms with Gasteiger partial charge in [-0.05, 0) is 30.5 Å². The predicted molar refractivity (Wildman–Crippen MR) is 92.7 cm³/mol. The SMILES string of the molecule is Cn1cnc2c(N(Cc3cccc(F)c3)CC3CCCO3)ncnc21. The summed E-state index contributed by atoms with van der Waals surface area (Å²) < 4.78 is 21.3. The number of imidazole rings is 1. The van der Waals surface area contributed by atoms with Crippen molar-refractivity contribution in [1.82, 2.24) is 19.5 Å². The number of ether oxygens (including phenoxy) is 1. The van der Waals surface area contributed by atoms with Crippen molar-refractivity contribution in [2.24, 2.45) is 7.05 Å². The van der Waals surface area contributed by atoms with Crippen LogP contribution >= 0.6 is 0 Å². The second-order valence-electron chi connectivity index (χ2n) is 6.37. The Bertz CT molecular complexity index is 875. The van der Waals surface area contributed by atoms with Crippen LogP contribution in [0.2, 0.25) is 0 Å². The third-order valence-electron chi connectivity index (χ3n) is 4.49. The van der Waals surface area contributed by atoms with E-state index in [0.717, 1.165) is 42.0 Å². The summed E-state index contributed by atoms with van der Waals surface area (Å²) in [6.45, 7) is 2.03. The van der Waals surface area contributed by atoms with E-state index in [1.165, 1.54) is 6.07 Å². The number of hydrogen-bond acceptors (Lipinski definition) is 5. The molecular weight excluding hydrogens is 321 g/mol. The van der Waals surface area contributed by atoms with Crippen LogP contribution < -0.4 is 4.90 Å². The van der Waals surface area contributed by atoms with Crippen molar-refractivity contribution in [3.05, 3.63) is 48.3 Å². The molecule has 1 aromatic carbocycles. The van der Waals surface area contributed by atoms with Crippen LogP contribution in [0.1, 0.15) is 18.4 Å². The molecule has 0 spiro atoms. The lowest BCUT2D eigenvalue weighted by molar-refractivity contribution is 0.115. The van der Waals surface area contributed by atoms with Crippen molar-refractivity contribution in [2.45, 2.75) is 25.5 Å². The molecule has 1 aliphatic heterocycles. The summed E-state index contributed by atoms with van der Waals surface area (Å²) in [5.41, 5.74) is 2.42. The Morgan fingerprint density at radius 2 is 2.24 bits per heavy atom. The highest BCUT2D eigenvalue weighted by molar-refractivity contribution is 5.83. The molecule has 3 aromatic rings. The molecule has 1 fully saturated rings. The van der Waals surface area contributed by atoms with Crippen LogP contribution in [0.4, 0.5) is 10.2 Å². The van der Waals surface area contributed by atoms with Crippen LogP contribution in [0.25, 0.3) is 11.2 Å². The molecule has 0 aliphatic carbocycles. The first-order valence-corrected chi connectivity index (χ1v) is 8.44. The molecule has 1 atom stereocenters. The summed E-state index contributed by atoms with van der Waals surface area (Å²) in [4.78, 5) is 15.3. The predicted octanol–water partition coefficient (Wildman–Crippen LogP) is 2.69. The molecule has 4 rings (SSSR count). The Morgan fingerprint density at radius 1 is 1.32 bits per heavy atom. The Labute approximate surface area is 145 Å². The van der Waals surface area contributed by atoms with E-state index < -0.39 is 0 Å². The van der Waals surface area contributed by atoms with Gasteiger partial charge in [0.25, 0.3) is 0 Å². The van der Waals surface area contributed by atoms with Crippen LogP contribution in [0.15, 0.2) is 36.9 Å². The van der Waals surface area contributed by atoms with E-state index in [-0.39, 0.29) is 11.9 Å². The number of anilines is 1. The summed E-state index contributed by atoms with van der Waals surface area (Å²) in [6, 6.07) is 6.66. The number of benzene rings is 1. The van der Waals surface area contributed by atoms with E-state index in [4.69, 9.17) is 4.74 Å². The average molecular weight is 341 g/mol. The zero-order chi connectivity index (χ0) is 17.2. The molecule has 25 heavy (non-hydrogen) atoms. The fourth-order valence-electron chi connectivity index (χ4n) is 3.28. The standard InChI is InChI=1S/C18H20FN5O/c1-23-12-22-16-17(23)20-11-21-18(16)24(10-15-6-3-7-25-15)9-13-4-2-5-14(19)8-13/h2,4-5,8,11-12,15H,3,6-7,9-10H2,1H3. The minimum absolute atomic E-state index is 0.155. The van der Waals surface area contributed by atoms with Crippen LogP contribution in [0.3, 0.4) is 0 Å². The van der Waals surface area contributed by atoms with Gasteiger partial charge in [0, 0.05) is 26.7 Å². The molecule has 0 N–H and O–H groups in total. The van der Waals surface area contributed by atoms with E-state index >= 15 is 0 Å². The van der Waals surface area contributed by atoms with Gasteiger partial charge in [0.15, 0.2) is 17.0 Å². The van der Waals surface area contributed by atoms with Crippen LogP contribution in [0.5, 0.6) is 0 Å². The van der Waals surface area contributed by atoms with Gasteiger partial charge in [-0.25, -0.2) is 19.3 Å². The van der Waals surface area contributed by atoms with Gasteiger partial charge < -0.3 is 14.2 Å². The number of aromatic nitrogens is 4. The summed E-state index contributed by atoms with van der Waals surface area (Å²) in [5.74, 6) is 0.519. The van der Waals surface area contributed by atoms with E-state index in [0.29, 0.717) is 13.1 Å². The molecule has 7 heteroatoms. The van der Waals surface area contributed by atoms with Gasteiger partial charge in [-0.1, -0.05) is 12.1 Å². The number of halogens is 1. The van der Waals surface area contributed by atoms with E-state index in [2.05, 4.69) is 19.9 Å². The monoisotopic (exact) mass is 341 g/mol.